The minimum atomic E-state index is -2.76. The third-order valence-electron chi connectivity index (χ3n) is 2.77. The molecule has 0 aromatic heterocycles. The maximum atomic E-state index is 12.0. The molecule has 0 aliphatic carbocycles. The average Bonchev–Trinajstić information content (AvgIpc) is 2.58. The van der Waals surface area contributed by atoms with Gasteiger partial charge in [0, 0.05) is 25.3 Å². The van der Waals surface area contributed by atoms with Crippen molar-refractivity contribution in [1.29, 1.82) is 0 Å². The van der Waals surface area contributed by atoms with E-state index in [0.717, 1.165) is 38.3 Å². The fraction of sp³-hybridized carbons (Fsp3) is 0.500. The second-order valence-electron chi connectivity index (χ2n) is 3.96. The molecule has 2 rings (SSSR count). The number of hydrogen-bond donors (Lipinski definition) is 1. The number of rotatable bonds is 3. The van der Waals surface area contributed by atoms with Crippen LogP contribution < -0.4 is 15.0 Å². The van der Waals surface area contributed by atoms with Crippen molar-refractivity contribution in [2.24, 2.45) is 0 Å². The Kier molecular flexibility index (Phi) is 4.14. The first kappa shape index (κ1) is 12.1. The van der Waals surface area contributed by atoms with E-state index >= 15 is 0 Å². The van der Waals surface area contributed by atoms with Crippen LogP contribution in [0.3, 0.4) is 0 Å². The van der Waals surface area contributed by atoms with Crippen molar-refractivity contribution >= 4 is 5.69 Å². The molecule has 1 aliphatic heterocycles. The highest BCUT2D eigenvalue weighted by Crippen LogP contribution is 2.21. The van der Waals surface area contributed by atoms with Crippen LogP contribution in [0.25, 0.3) is 0 Å². The van der Waals surface area contributed by atoms with E-state index in [1.807, 2.05) is 12.1 Å². The summed E-state index contributed by atoms with van der Waals surface area (Å²) in [7, 11) is 0. The Bertz CT molecular complexity index is 335. The van der Waals surface area contributed by atoms with Gasteiger partial charge in [-0.05, 0) is 37.2 Å². The Morgan fingerprint density at radius 1 is 1.12 bits per heavy atom. The number of alkyl halides is 2. The van der Waals surface area contributed by atoms with Gasteiger partial charge in [0.2, 0.25) is 0 Å². The van der Waals surface area contributed by atoms with Gasteiger partial charge in [0.15, 0.2) is 0 Å². The summed E-state index contributed by atoms with van der Waals surface area (Å²) in [5, 5.41) is 3.32. The van der Waals surface area contributed by atoms with E-state index in [4.69, 9.17) is 0 Å². The Balaban J connectivity index is 2.00. The summed E-state index contributed by atoms with van der Waals surface area (Å²) in [6.07, 6.45) is 1.09. The molecule has 0 radical (unpaired) electrons. The van der Waals surface area contributed by atoms with Gasteiger partial charge < -0.3 is 15.0 Å². The first-order valence-corrected chi connectivity index (χ1v) is 5.76. The first-order valence-electron chi connectivity index (χ1n) is 5.76. The predicted molar refractivity (Wildman–Crippen MR) is 62.8 cm³/mol. The van der Waals surface area contributed by atoms with Gasteiger partial charge in [-0.25, -0.2) is 0 Å². The molecule has 1 heterocycles. The molecule has 1 fully saturated rings. The topological polar surface area (TPSA) is 24.5 Å². The molecular weight excluding hydrogens is 226 g/mol. The normalized spacial score (nSPS) is 17.0. The maximum absolute atomic E-state index is 12.0. The summed E-state index contributed by atoms with van der Waals surface area (Å²) < 4.78 is 28.3. The molecule has 1 saturated heterocycles. The molecule has 5 heteroatoms. The molecule has 3 nitrogen and oxygen atoms in total. The fourth-order valence-electron chi connectivity index (χ4n) is 1.94. The molecule has 1 aromatic rings. The van der Waals surface area contributed by atoms with Crippen molar-refractivity contribution in [3.63, 3.8) is 0 Å². The summed E-state index contributed by atoms with van der Waals surface area (Å²) in [6.45, 7) is 1.15. The van der Waals surface area contributed by atoms with E-state index in [0.29, 0.717) is 0 Å². The highest BCUT2D eigenvalue weighted by Gasteiger charge is 2.10. The van der Waals surface area contributed by atoms with Crippen molar-refractivity contribution in [2.45, 2.75) is 13.0 Å². The molecule has 0 bridgehead atoms. The van der Waals surface area contributed by atoms with Gasteiger partial charge in [0.25, 0.3) is 0 Å². The minimum absolute atomic E-state index is 0.205. The number of anilines is 1. The number of benzene rings is 1. The third kappa shape index (κ3) is 3.56. The monoisotopic (exact) mass is 242 g/mol. The van der Waals surface area contributed by atoms with Crippen LogP contribution in [0, 0.1) is 0 Å². The van der Waals surface area contributed by atoms with Crippen LogP contribution in [-0.2, 0) is 0 Å². The molecule has 0 saturated carbocycles. The zero-order valence-electron chi connectivity index (χ0n) is 9.53. The summed E-state index contributed by atoms with van der Waals surface area (Å²) in [4.78, 5) is 2.24. The van der Waals surface area contributed by atoms with Crippen LogP contribution in [0.5, 0.6) is 5.75 Å². The first-order chi connectivity index (χ1) is 8.25. The molecular formula is C12H16F2N2O. The molecule has 1 N–H and O–H groups in total. The molecule has 0 unspecified atom stereocenters. The van der Waals surface area contributed by atoms with Gasteiger partial charge in [0.1, 0.15) is 5.75 Å². The number of ether oxygens (including phenoxy) is 1. The molecule has 1 aromatic carbocycles. The standard InChI is InChI=1S/C12H16F2N2O/c13-12(14)17-11-4-2-10(3-5-11)16-8-1-6-15-7-9-16/h2-5,12,15H,1,6-9H2. The lowest BCUT2D eigenvalue weighted by atomic mass is 10.2. The quantitative estimate of drug-likeness (QED) is 0.878. The van der Waals surface area contributed by atoms with Gasteiger partial charge in [-0.1, -0.05) is 0 Å². The zero-order chi connectivity index (χ0) is 12.1. The minimum Gasteiger partial charge on any atom is -0.435 e. The number of nitrogens with one attached hydrogen (secondary N) is 1. The zero-order valence-corrected chi connectivity index (χ0v) is 9.53. The van der Waals surface area contributed by atoms with Crippen LogP contribution in [0.2, 0.25) is 0 Å². The van der Waals surface area contributed by atoms with Crippen molar-refractivity contribution < 1.29 is 13.5 Å². The largest absolute Gasteiger partial charge is 0.435 e. The number of hydrogen-bond acceptors (Lipinski definition) is 3. The van der Waals surface area contributed by atoms with Crippen molar-refractivity contribution in [2.75, 3.05) is 31.1 Å². The van der Waals surface area contributed by atoms with E-state index < -0.39 is 6.61 Å². The van der Waals surface area contributed by atoms with Gasteiger partial charge in [-0.15, -0.1) is 0 Å². The summed E-state index contributed by atoms with van der Waals surface area (Å²) in [6, 6.07) is 6.81. The Labute approximate surface area is 99.4 Å². The summed E-state index contributed by atoms with van der Waals surface area (Å²) in [5.74, 6) is 0.205. The van der Waals surface area contributed by atoms with E-state index in [1.165, 1.54) is 0 Å². The smallest absolute Gasteiger partial charge is 0.387 e. The maximum Gasteiger partial charge on any atom is 0.387 e. The van der Waals surface area contributed by atoms with Crippen molar-refractivity contribution in [3.05, 3.63) is 24.3 Å². The molecule has 0 atom stereocenters. The molecule has 1 aliphatic rings. The molecule has 0 amide bonds. The SMILES string of the molecule is FC(F)Oc1ccc(N2CCCNCC2)cc1. The van der Waals surface area contributed by atoms with Crippen LogP contribution in [0.4, 0.5) is 14.5 Å². The molecule has 0 spiro atoms. The second-order valence-corrected chi connectivity index (χ2v) is 3.96. The Morgan fingerprint density at radius 2 is 1.88 bits per heavy atom. The van der Waals surface area contributed by atoms with E-state index in [-0.39, 0.29) is 5.75 Å². The summed E-state index contributed by atoms with van der Waals surface area (Å²) in [5.41, 5.74) is 1.05. The van der Waals surface area contributed by atoms with E-state index in [2.05, 4.69) is 15.0 Å². The molecule has 94 valence electrons. The van der Waals surface area contributed by atoms with Crippen LogP contribution in [-0.4, -0.2) is 32.8 Å². The van der Waals surface area contributed by atoms with Gasteiger partial charge in [-0.2, -0.15) is 8.78 Å². The lowest BCUT2D eigenvalue weighted by Gasteiger charge is -2.22. The fourth-order valence-corrected chi connectivity index (χ4v) is 1.94. The van der Waals surface area contributed by atoms with E-state index in [9.17, 15) is 8.78 Å². The molecule has 17 heavy (non-hydrogen) atoms. The third-order valence-corrected chi connectivity index (χ3v) is 2.77. The van der Waals surface area contributed by atoms with Gasteiger partial charge >= 0.3 is 6.61 Å². The highest BCUT2D eigenvalue weighted by atomic mass is 19.3. The average molecular weight is 242 g/mol. The lowest BCUT2D eigenvalue weighted by Crippen LogP contribution is -2.27. The second kappa shape index (κ2) is 5.82. The van der Waals surface area contributed by atoms with Crippen LogP contribution >= 0.6 is 0 Å². The van der Waals surface area contributed by atoms with Crippen molar-refractivity contribution in [1.82, 2.24) is 5.32 Å². The highest BCUT2D eigenvalue weighted by molar-refractivity contribution is 5.49. The Hall–Kier alpha value is -1.36. The Morgan fingerprint density at radius 3 is 2.59 bits per heavy atom. The van der Waals surface area contributed by atoms with E-state index in [1.54, 1.807) is 12.1 Å². The van der Waals surface area contributed by atoms with Gasteiger partial charge in [0.05, 0.1) is 0 Å². The van der Waals surface area contributed by atoms with Crippen LogP contribution in [0.1, 0.15) is 6.42 Å². The van der Waals surface area contributed by atoms with Crippen LogP contribution in [0.15, 0.2) is 24.3 Å². The number of halogens is 2. The number of nitrogens with zero attached hydrogens (tertiary/aromatic N) is 1. The predicted octanol–water partition coefficient (Wildman–Crippen LogP) is 2.09. The lowest BCUT2D eigenvalue weighted by molar-refractivity contribution is -0.0498. The van der Waals surface area contributed by atoms with Crippen molar-refractivity contribution in [3.8, 4) is 5.75 Å². The van der Waals surface area contributed by atoms with Gasteiger partial charge in [-0.3, -0.25) is 0 Å². The summed E-state index contributed by atoms with van der Waals surface area (Å²) >= 11 is 0.